The molecule has 0 aliphatic carbocycles. The van der Waals surface area contributed by atoms with Crippen LogP contribution in [-0.2, 0) is 17.9 Å². The normalized spacial score (nSPS) is 16.4. The summed E-state index contributed by atoms with van der Waals surface area (Å²) >= 11 is 0. The Labute approximate surface area is 161 Å². The van der Waals surface area contributed by atoms with Crippen molar-refractivity contribution in [3.63, 3.8) is 0 Å². The maximum Gasteiger partial charge on any atom is 0.318 e. The maximum atomic E-state index is 12.8. The Kier molecular flexibility index (Phi) is 6.71. The number of ether oxygens (including phenoxy) is 2. The molecule has 0 saturated carbocycles. The monoisotopic (exact) mass is 368 g/mol. The van der Waals surface area contributed by atoms with Crippen molar-refractivity contribution in [2.24, 2.45) is 0 Å². The standard InChI is InChI=1S/C22H28N2O3/c1-3-27-16-19-9-5-4-8-18(19)15-23-22(25)24-13-7-12-21(24)17-10-6-11-20(14-17)26-2/h4-6,8-11,14,21H,3,7,12-13,15-16H2,1-2H3,(H,23,25)/t21-/m1/s1. The van der Waals surface area contributed by atoms with Crippen LogP contribution in [0.3, 0.4) is 0 Å². The Morgan fingerprint density at radius 3 is 2.78 bits per heavy atom. The highest BCUT2D eigenvalue weighted by atomic mass is 16.5. The number of carbonyl (C=O) groups excluding carboxylic acids is 1. The van der Waals surface area contributed by atoms with Crippen molar-refractivity contribution in [2.45, 2.75) is 39.0 Å². The van der Waals surface area contributed by atoms with E-state index in [2.05, 4.69) is 11.4 Å². The van der Waals surface area contributed by atoms with Gasteiger partial charge in [0.15, 0.2) is 0 Å². The summed E-state index contributed by atoms with van der Waals surface area (Å²) in [5.41, 5.74) is 3.33. The smallest absolute Gasteiger partial charge is 0.318 e. The number of amides is 2. The van der Waals surface area contributed by atoms with Gasteiger partial charge in [-0.2, -0.15) is 0 Å². The number of likely N-dealkylation sites (tertiary alicyclic amines) is 1. The summed E-state index contributed by atoms with van der Waals surface area (Å²) in [5.74, 6) is 0.824. The van der Waals surface area contributed by atoms with Gasteiger partial charge in [-0.15, -0.1) is 0 Å². The number of carbonyl (C=O) groups is 1. The first kappa shape index (κ1) is 19.2. The first-order valence-electron chi connectivity index (χ1n) is 9.56. The van der Waals surface area contributed by atoms with E-state index in [0.717, 1.165) is 41.8 Å². The average molecular weight is 368 g/mol. The molecule has 27 heavy (non-hydrogen) atoms. The van der Waals surface area contributed by atoms with Gasteiger partial charge in [0.05, 0.1) is 19.8 Å². The minimum absolute atomic E-state index is 0.0217. The predicted molar refractivity (Wildman–Crippen MR) is 106 cm³/mol. The molecule has 0 aromatic heterocycles. The SMILES string of the molecule is CCOCc1ccccc1CNC(=O)N1CCC[C@@H]1c1cccc(OC)c1. The summed E-state index contributed by atoms with van der Waals surface area (Å²) in [4.78, 5) is 14.8. The fourth-order valence-electron chi connectivity index (χ4n) is 3.56. The van der Waals surface area contributed by atoms with E-state index in [0.29, 0.717) is 19.8 Å². The molecule has 2 aromatic rings. The highest BCUT2D eigenvalue weighted by molar-refractivity contribution is 5.75. The van der Waals surface area contributed by atoms with Gasteiger partial charge >= 0.3 is 6.03 Å². The zero-order valence-electron chi connectivity index (χ0n) is 16.1. The van der Waals surface area contributed by atoms with Crippen LogP contribution < -0.4 is 10.1 Å². The Bertz CT molecular complexity index is 763. The molecule has 1 aliphatic rings. The molecule has 0 unspecified atom stereocenters. The molecule has 1 fully saturated rings. The number of rotatable bonds is 7. The first-order chi connectivity index (χ1) is 13.2. The molecule has 0 radical (unpaired) electrons. The van der Waals surface area contributed by atoms with Crippen molar-refractivity contribution in [1.29, 1.82) is 0 Å². The molecular formula is C22H28N2O3. The lowest BCUT2D eigenvalue weighted by Crippen LogP contribution is -2.39. The molecule has 1 heterocycles. The number of hydrogen-bond donors (Lipinski definition) is 1. The molecule has 2 amide bonds. The summed E-state index contributed by atoms with van der Waals surface area (Å²) in [6, 6.07) is 16.1. The molecule has 2 aromatic carbocycles. The molecule has 1 atom stereocenters. The first-order valence-corrected chi connectivity index (χ1v) is 9.56. The predicted octanol–water partition coefficient (Wildman–Crippen LogP) is 4.28. The van der Waals surface area contributed by atoms with Gasteiger partial charge in [-0.25, -0.2) is 4.79 Å². The van der Waals surface area contributed by atoms with Crippen molar-refractivity contribution in [3.05, 3.63) is 65.2 Å². The third-order valence-electron chi connectivity index (χ3n) is 5.00. The van der Waals surface area contributed by atoms with Gasteiger partial charge < -0.3 is 19.7 Å². The Balaban J connectivity index is 1.65. The van der Waals surface area contributed by atoms with Gasteiger partial charge in [0.1, 0.15) is 5.75 Å². The van der Waals surface area contributed by atoms with E-state index >= 15 is 0 Å². The van der Waals surface area contributed by atoms with Crippen molar-refractivity contribution in [3.8, 4) is 5.75 Å². The summed E-state index contributed by atoms with van der Waals surface area (Å²) in [7, 11) is 1.66. The molecule has 1 saturated heterocycles. The number of hydrogen-bond acceptors (Lipinski definition) is 3. The number of methoxy groups -OCH3 is 1. The van der Waals surface area contributed by atoms with E-state index in [1.54, 1.807) is 7.11 Å². The van der Waals surface area contributed by atoms with Crippen LogP contribution in [0.2, 0.25) is 0 Å². The van der Waals surface area contributed by atoms with Crippen molar-refractivity contribution < 1.29 is 14.3 Å². The highest BCUT2D eigenvalue weighted by Crippen LogP contribution is 2.33. The van der Waals surface area contributed by atoms with E-state index in [1.807, 2.05) is 54.3 Å². The third-order valence-corrected chi connectivity index (χ3v) is 5.00. The molecule has 0 bridgehead atoms. The fourth-order valence-corrected chi connectivity index (χ4v) is 3.56. The van der Waals surface area contributed by atoms with E-state index in [1.165, 1.54) is 0 Å². The lowest BCUT2D eigenvalue weighted by molar-refractivity contribution is 0.133. The number of nitrogens with zero attached hydrogens (tertiary/aromatic N) is 1. The lowest BCUT2D eigenvalue weighted by atomic mass is 10.0. The van der Waals surface area contributed by atoms with Crippen LogP contribution in [0.4, 0.5) is 4.79 Å². The number of nitrogens with one attached hydrogen (secondary N) is 1. The molecule has 5 heteroatoms. The maximum absolute atomic E-state index is 12.8. The van der Waals surface area contributed by atoms with Crippen molar-refractivity contribution >= 4 is 6.03 Å². The van der Waals surface area contributed by atoms with Crippen molar-refractivity contribution in [2.75, 3.05) is 20.3 Å². The Morgan fingerprint density at radius 1 is 1.19 bits per heavy atom. The van der Waals surface area contributed by atoms with Gasteiger partial charge in [-0.3, -0.25) is 0 Å². The van der Waals surface area contributed by atoms with E-state index in [4.69, 9.17) is 9.47 Å². The summed E-state index contributed by atoms with van der Waals surface area (Å²) in [5, 5.41) is 3.09. The van der Waals surface area contributed by atoms with Crippen LogP contribution >= 0.6 is 0 Å². The molecule has 5 nitrogen and oxygen atoms in total. The van der Waals surface area contributed by atoms with Crippen molar-refractivity contribution in [1.82, 2.24) is 10.2 Å². The zero-order chi connectivity index (χ0) is 19.1. The fraction of sp³-hybridized carbons (Fsp3) is 0.409. The number of benzene rings is 2. The van der Waals surface area contributed by atoms with E-state index in [-0.39, 0.29) is 12.1 Å². The second-order valence-electron chi connectivity index (χ2n) is 6.69. The number of urea groups is 1. The second kappa shape index (κ2) is 9.42. The third kappa shape index (κ3) is 4.80. The van der Waals surface area contributed by atoms with Gasteiger partial charge in [-0.05, 0) is 48.6 Å². The van der Waals surface area contributed by atoms with Crippen LogP contribution in [0.15, 0.2) is 48.5 Å². The Morgan fingerprint density at radius 2 is 2.00 bits per heavy atom. The van der Waals surface area contributed by atoms with Gasteiger partial charge in [-0.1, -0.05) is 36.4 Å². The molecule has 3 rings (SSSR count). The van der Waals surface area contributed by atoms with Crippen LogP contribution in [0, 0.1) is 0 Å². The van der Waals surface area contributed by atoms with Gasteiger partial charge in [0.25, 0.3) is 0 Å². The summed E-state index contributed by atoms with van der Waals surface area (Å²) in [6.07, 6.45) is 1.98. The largest absolute Gasteiger partial charge is 0.497 e. The van der Waals surface area contributed by atoms with Crippen LogP contribution in [-0.4, -0.2) is 31.2 Å². The molecule has 144 valence electrons. The average Bonchev–Trinajstić information content (AvgIpc) is 3.21. The molecule has 0 spiro atoms. The minimum Gasteiger partial charge on any atom is -0.497 e. The lowest BCUT2D eigenvalue weighted by Gasteiger charge is -2.26. The van der Waals surface area contributed by atoms with Gasteiger partial charge in [0.2, 0.25) is 0 Å². The molecular weight excluding hydrogens is 340 g/mol. The van der Waals surface area contributed by atoms with Crippen LogP contribution in [0.25, 0.3) is 0 Å². The second-order valence-corrected chi connectivity index (χ2v) is 6.69. The topological polar surface area (TPSA) is 50.8 Å². The summed E-state index contributed by atoms with van der Waals surface area (Å²) < 4.78 is 10.9. The van der Waals surface area contributed by atoms with Gasteiger partial charge in [0, 0.05) is 19.7 Å². The quantitative estimate of drug-likeness (QED) is 0.794. The van der Waals surface area contributed by atoms with E-state index in [9.17, 15) is 4.79 Å². The highest BCUT2D eigenvalue weighted by Gasteiger charge is 2.30. The zero-order valence-corrected chi connectivity index (χ0v) is 16.1. The minimum atomic E-state index is -0.0217. The molecule has 1 N–H and O–H groups in total. The summed E-state index contributed by atoms with van der Waals surface area (Å²) in [6.45, 7) is 4.50. The Hall–Kier alpha value is -2.53. The van der Waals surface area contributed by atoms with E-state index < -0.39 is 0 Å². The van der Waals surface area contributed by atoms with Crippen LogP contribution in [0.1, 0.15) is 42.5 Å². The molecule has 1 aliphatic heterocycles. The van der Waals surface area contributed by atoms with Crippen LogP contribution in [0.5, 0.6) is 5.75 Å².